The first-order valence-electron chi connectivity index (χ1n) is 5.67. The Bertz CT molecular complexity index is 272. The zero-order valence-corrected chi connectivity index (χ0v) is 10.1. The van der Waals surface area contributed by atoms with Crippen molar-refractivity contribution in [2.75, 3.05) is 0 Å². The molecule has 2 atom stereocenters. The summed E-state index contributed by atoms with van der Waals surface area (Å²) in [6, 6.07) is 0. The van der Waals surface area contributed by atoms with E-state index in [0.29, 0.717) is 5.41 Å². The summed E-state index contributed by atoms with van der Waals surface area (Å²) in [5.74, 6) is 2.14. The molecule has 0 aromatic rings. The van der Waals surface area contributed by atoms with E-state index in [-0.39, 0.29) is 0 Å². The van der Waals surface area contributed by atoms with Gasteiger partial charge in [-0.25, -0.2) is 0 Å². The van der Waals surface area contributed by atoms with Gasteiger partial charge in [-0.3, -0.25) is 0 Å². The summed E-state index contributed by atoms with van der Waals surface area (Å²) in [6.07, 6.45) is 6.84. The molecule has 0 aromatic carbocycles. The third-order valence-corrected chi connectivity index (χ3v) is 8.98. The third-order valence-electron chi connectivity index (χ3n) is 5.37. The summed E-state index contributed by atoms with van der Waals surface area (Å²) in [6.45, 7) is 11.8. The van der Waals surface area contributed by atoms with Crippen LogP contribution in [0.25, 0.3) is 0 Å². The van der Waals surface area contributed by atoms with Crippen LogP contribution in [0.5, 0.6) is 0 Å². The molecule has 3 rings (SSSR count). The molecule has 0 nitrogen and oxygen atoms in total. The van der Waals surface area contributed by atoms with Gasteiger partial charge in [-0.2, -0.15) is 0 Å². The molecule has 2 unspecified atom stereocenters. The molecule has 0 N–H and O–H groups in total. The fourth-order valence-corrected chi connectivity index (χ4v) is 9.71. The largest absolute Gasteiger partial charge is 0.102 e. The van der Waals surface area contributed by atoms with Crippen LogP contribution >= 0.6 is 0 Å². The van der Waals surface area contributed by atoms with Gasteiger partial charge < -0.3 is 0 Å². The van der Waals surface area contributed by atoms with Crippen LogP contribution in [0.1, 0.15) is 19.3 Å². The van der Waals surface area contributed by atoms with Gasteiger partial charge in [0, 0.05) is 0 Å². The monoisotopic (exact) mass is 192 g/mol. The van der Waals surface area contributed by atoms with E-state index in [4.69, 9.17) is 0 Å². The van der Waals surface area contributed by atoms with Crippen LogP contribution in [-0.4, -0.2) is 8.07 Å². The average Bonchev–Trinajstić information content (AvgIpc) is 2.88. The minimum Gasteiger partial charge on any atom is -0.102 e. The van der Waals surface area contributed by atoms with Crippen molar-refractivity contribution in [2.24, 2.45) is 17.3 Å². The minimum atomic E-state index is -0.934. The first-order chi connectivity index (χ1) is 6.03. The summed E-state index contributed by atoms with van der Waals surface area (Å²) in [5.41, 5.74) is 0.676. The molecule has 3 fully saturated rings. The molecule has 0 aromatic heterocycles. The molecule has 0 saturated heterocycles. The van der Waals surface area contributed by atoms with Crippen molar-refractivity contribution in [1.82, 2.24) is 0 Å². The van der Waals surface area contributed by atoms with Gasteiger partial charge in [0.05, 0.1) is 8.07 Å². The second-order valence-corrected chi connectivity index (χ2v) is 11.6. The topological polar surface area (TPSA) is 0 Å². The second kappa shape index (κ2) is 1.84. The standard InChI is InChI=1S/C12H20Si/c1-5-11-9-7-6-8-10(11)12(9,11)13(2,3)4/h5,9-10H,1,6-8H2,2-4H3. The van der Waals surface area contributed by atoms with Gasteiger partial charge >= 0.3 is 0 Å². The molecule has 3 saturated carbocycles. The highest BCUT2D eigenvalue weighted by Gasteiger charge is 2.98. The van der Waals surface area contributed by atoms with Crippen molar-refractivity contribution in [3.05, 3.63) is 12.7 Å². The number of hydrogen-bond donors (Lipinski definition) is 0. The van der Waals surface area contributed by atoms with E-state index in [1.165, 1.54) is 19.3 Å². The normalized spacial score (nSPS) is 56.8. The number of rotatable bonds is 2. The maximum Gasteiger partial charge on any atom is 0.0524 e. The molecule has 0 heterocycles. The van der Waals surface area contributed by atoms with Gasteiger partial charge in [0.2, 0.25) is 0 Å². The van der Waals surface area contributed by atoms with E-state index >= 15 is 0 Å². The van der Waals surface area contributed by atoms with E-state index < -0.39 is 8.07 Å². The zero-order valence-electron chi connectivity index (χ0n) is 9.06. The number of fused-ring (bicyclic) bond motifs is 2. The van der Waals surface area contributed by atoms with Crippen LogP contribution in [0.3, 0.4) is 0 Å². The zero-order chi connectivity index (χ0) is 9.48. The molecule has 0 radical (unpaired) electrons. The Labute approximate surface area is 82.4 Å². The molecule has 0 spiro atoms. The van der Waals surface area contributed by atoms with Crippen LogP contribution in [0.15, 0.2) is 12.7 Å². The van der Waals surface area contributed by atoms with E-state index in [1.54, 1.807) is 0 Å². The molecule has 1 heteroatoms. The van der Waals surface area contributed by atoms with E-state index in [1.807, 2.05) is 0 Å². The summed E-state index contributed by atoms with van der Waals surface area (Å²) in [7, 11) is -0.934. The Balaban J connectivity index is 2.02. The molecule has 3 aliphatic carbocycles. The minimum absolute atomic E-state index is 0.676. The maximum atomic E-state index is 4.10. The predicted molar refractivity (Wildman–Crippen MR) is 59.5 cm³/mol. The Hall–Kier alpha value is -0.0431. The van der Waals surface area contributed by atoms with Crippen molar-refractivity contribution in [3.63, 3.8) is 0 Å². The van der Waals surface area contributed by atoms with E-state index in [2.05, 4.69) is 32.3 Å². The van der Waals surface area contributed by atoms with Crippen molar-refractivity contribution < 1.29 is 0 Å². The smallest absolute Gasteiger partial charge is 0.0524 e. The van der Waals surface area contributed by atoms with Gasteiger partial charge in [0.1, 0.15) is 0 Å². The fourth-order valence-electron chi connectivity index (χ4n) is 5.25. The molecular formula is C12H20Si. The molecule has 0 bridgehead atoms. The molecule has 72 valence electrons. The Morgan fingerprint density at radius 2 is 1.77 bits per heavy atom. The van der Waals surface area contributed by atoms with Gasteiger partial charge in [-0.1, -0.05) is 32.1 Å². The highest BCUT2D eigenvalue weighted by molar-refractivity contribution is 6.82. The van der Waals surface area contributed by atoms with Crippen LogP contribution in [0, 0.1) is 17.3 Å². The van der Waals surface area contributed by atoms with Crippen LogP contribution < -0.4 is 0 Å². The third kappa shape index (κ3) is 0.538. The SMILES string of the molecule is C=CC12C3CCCC1C32[Si](C)(C)C. The van der Waals surface area contributed by atoms with Gasteiger partial charge in [0.25, 0.3) is 0 Å². The molecule has 0 aliphatic heterocycles. The van der Waals surface area contributed by atoms with Crippen LogP contribution in [0.4, 0.5) is 0 Å². The molecular weight excluding hydrogens is 172 g/mol. The van der Waals surface area contributed by atoms with Gasteiger partial charge in [0.15, 0.2) is 0 Å². The lowest BCUT2D eigenvalue weighted by molar-refractivity contribution is 0.303. The lowest BCUT2D eigenvalue weighted by Crippen LogP contribution is -2.32. The Morgan fingerprint density at radius 3 is 2.00 bits per heavy atom. The highest BCUT2D eigenvalue weighted by atomic mass is 28.3. The lowest BCUT2D eigenvalue weighted by atomic mass is 9.82. The van der Waals surface area contributed by atoms with Crippen molar-refractivity contribution >= 4 is 8.07 Å². The molecule has 0 amide bonds. The molecule has 3 aliphatic rings. The summed E-state index contributed by atoms with van der Waals surface area (Å²) in [5, 5.41) is 0.833. The Kier molecular flexibility index (Phi) is 1.17. The first-order valence-corrected chi connectivity index (χ1v) is 9.17. The van der Waals surface area contributed by atoms with Crippen LogP contribution in [-0.2, 0) is 0 Å². The average molecular weight is 192 g/mol. The maximum absolute atomic E-state index is 4.10. The van der Waals surface area contributed by atoms with E-state index in [9.17, 15) is 0 Å². The van der Waals surface area contributed by atoms with Crippen molar-refractivity contribution in [2.45, 2.75) is 43.9 Å². The molecule has 13 heavy (non-hydrogen) atoms. The van der Waals surface area contributed by atoms with Gasteiger partial charge in [-0.15, -0.1) is 6.58 Å². The summed E-state index contributed by atoms with van der Waals surface area (Å²) >= 11 is 0. The summed E-state index contributed by atoms with van der Waals surface area (Å²) < 4.78 is 0. The number of hydrogen-bond acceptors (Lipinski definition) is 0. The van der Waals surface area contributed by atoms with Gasteiger partial charge in [-0.05, 0) is 35.1 Å². The van der Waals surface area contributed by atoms with E-state index in [0.717, 1.165) is 16.9 Å². The van der Waals surface area contributed by atoms with Crippen molar-refractivity contribution in [1.29, 1.82) is 0 Å². The lowest BCUT2D eigenvalue weighted by Gasteiger charge is -2.33. The van der Waals surface area contributed by atoms with Crippen LogP contribution in [0.2, 0.25) is 24.7 Å². The number of allylic oxidation sites excluding steroid dienone is 1. The predicted octanol–water partition coefficient (Wildman–Crippen LogP) is 3.68. The summed E-state index contributed by atoms with van der Waals surface area (Å²) in [4.78, 5) is 0. The first kappa shape index (κ1) is 8.28. The highest BCUT2D eigenvalue weighted by Crippen LogP contribution is 3.05. The quantitative estimate of drug-likeness (QED) is 0.462. The Morgan fingerprint density at radius 1 is 1.23 bits per heavy atom. The second-order valence-electron chi connectivity index (χ2n) is 6.29. The fraction of sp³-hybridized carbons (Fsp3) is 0.833. The van der Waals surface area contributed by atoms with Crippen molar-refractivity contribution in [3.8, 4) is 0 Å².